The van der Waals surface area contributed by atoms with Crippen molar-refractivity contribution in [3.05, 3.63) is 36.5 Å². The van der Waals surface area contributed by atoms with Crippen LogP contribution in [0.15, 0.2) is 36.5 Å². The number of carbonyl (C=O) groups is 2. The van der Waals surface area contributed by atoms with E-state index >= 15 is 0 Å². The number of rotatable bonds is 4. The van der Waals surface area contributed by atoms with Gasteiger partial charge in [0.05, 0.1) is 17.8 Å². The first-order valence-electron chi connectivity index (χ1n) is 7.29. The molecule has 6 nitrogen and oxygen atoms in total. The maximum atomic E-state index is 12.1. The number of ether oxygens (including phenoxy) is 1. The highest BCUT2D eigenvalue weighted by atomic mass is 16.6. The first-order valence-corrected chi connectivity index (χ1v) is 7.29. The van der Waals surface area contributed by atoms with Gasteiger partial charge in [0.25, 0.3) is 0 Å². The van der Waals surface area contributed by atoms with Gasteiger partial charge in [-0.1, -0.05) is 18.2 Å². The first kappa shape index (κ1) is 14.3. The summed E-state index contributed by atoms with van der Waals surface area (Å²) < 4.78 is 4.94. The highest BCUT2D eigenvalue weighted by Crippen LogP contribution is 2.20. The molecular weight excluding hydrogens is 282 g/mol. The normalized spacial score (nSPS) is 14.7. The molecule has 2 amide bonds. The maximum Gasteiger partial charge on any atom is 0.409 e. The molecule has 114 valence electrons. The summed E-state index contributed by atoms with van der Waals surface area (Å²) in [6.45, 7) is 1.47. The molecule has 0 unspecified atom stereocenters. The predicted molar refractivity (Wildman–Crippen MR) is 82.5 cm³/mol. The Morgan fingerprint density at radius 1 is 1.32 bits per heavy atom. The van der Waals surface area contributed by atoms with E-state index in [-0.39, 0.29) is 18.4 Å². The van der Waals surface area contributed by atoms with Crippen molar-refractivity contribution >= 4 is 28.6 Å². The van der Waals surface area contributed by atoms with E-state index in [4.69, 9.17) is 4.74 Å². The summed E-state index contributed by atoms with van der Waals surface area (Å²) in [5.41, 5.74) is 1.44. The van der Waals surface area contributed by atoms with E-state index in [1.807, 2.05) is 30.3 Å². The summed E-state index contributed by atoms with van der Waals surface area (Å²) in [6, 6.07) is 9.45. The fourth-order valence-electron chi connectivity index (χ4n) is 2.45. The van der Waals surface area contributed by atoms with Gasteiger partial charge >= 0.3 is 6.09 Å². The Balaban J connectivity index is 1.62. The number of benzene rings is 1. The average molecular weight is 299 g/mol. The fraction of sp³-hybridized carbons (Fsp3) is 0.312. The third-order valence-corrected chi connectivity index (χ3v) is 3.57. The van der Waals surface area contributed by atoms with Gasteiger partial charge in [0.2, 0.25) is 5.91 Å². The highest BCUT2D eigenvalue weighted by molar-refractivity contribution is 6.00. The molecule has 1 fully saturated rings. The second kappa shape index (κ2) is 6.43. The van der Waals surface area contributed by atoms with Crippen LogP contribution in [0.2, 0.25) is 0 Å². The Labute approximate surface area is 128 Å². The Bertz CT molecular complexity index is 697. The molecule has 0 radical (unpaired) electrons. The largest absolute Gasteiger partial charge is 0.449 e. The Morgan fingerprint density at radius 3 is 3.05 bits per heavy atom. The number of nitrogens with one attached hydrogen (secondary N) is 1. The van der Waals surface area contributed by atoms with Crippen molar-refractivity contribution in [2.24, 2.45) is 0 Å². The van der Waals surface area contributed by atoms with Crippen molar-refractivity contribution in [3.8, 4) is 0 Å². The lowest BCUT2D eigenvalue weighted by molar-refractivity contribution is -0.116. The van der Waals surface area contributed by atoms with Crippen LogP contribution in [0.4, 0.5) is 10.5 Å². The second-order valence-corrected chi connectivity index (χ2v) is 5.13. The fourth-order valence-corrected chi connectivity index (χ4v) is 2.45. The van der Waals surface area contributed by atoms with E-state index in [2.05, 4.69) is 10.3 Å². The number of pyridine rings is 1. The number of hydrogen-bond donors (Lipinski definition) is 1. The molecule has 0 bridgehead atoms. The van der Waals surface area contributed by atoms with Crippen LogP contribution in [0.5, 0.6) is 0 Å². The van der Waals surface area contributed by atoms with Gasteiger partial charge in [0.15, 0.2) is 0 Å². The van der Waals surface area contributed by atoms with E-state index in [0.717, 1.165) is 17.3 Å². The Hall–Kier alpha value is -2.63. The zero-order chi connectivity index (χ0) is 15.4. The Kier molecular flexibility index (Phi) is 4.18. The van der Waals surface area contributed by atoms with Gasteiger partial charge in [0.1, 0.15) is 0 Å². The summed E-state index contributed by atoms with van der Waals surface area (Å²) in [5.74, 6) is -0.142. The molecular formula is C16H17N3O3. The number of nitrogens with zero attached hydrogens (tertiary/aromatic N) is 2. The summed E-state index contributed by atoms with van der Waals surface area (Å²) in [5, 5.41) is 3.83. The minimum absolute atomic E-state index is 0.142. The maximum absolute atomic E-state index is 12.1. The molecule has 3 rings (SSSR count). The summed E-state index contributed by atoms with van der Waals surface area (Å²) >= 11 is 0. The molecule has 1 aromatic heterocycles. The van der Waals surface area contributed by atoms with E-state index in [1.54, 1.807) is 11.1 Å². The van der Waals surface area contributed by atoms with Gasteiger partial charge in [-0.25, -0.2) is 4.79 Å². The molecule has 0 saturated carbocycles. The number of hydrogen-bond acceptors (Lipinski definition) is 4. The molecule has 1 aliphatic heterocycles. The third kappa shape index (κ3) is 3.16. The van der Waals surface area contributed by atoms with Gasteiger partial charge < -0.3 is 15.0 Å². The van der Waals surface area contributed by atoms with Crippen LogP contribution in [0.1, 0.15) is 12.8 Å². The van der Waals surface area contributed by atoms with E-state index in [9.17, 15) is 9.59 Å². The van der Waals surface area contributed by atoms with Crippen LogP contribution in [-0.4, -0.2) is 41.6 Å². The van der Waals surface area contributed by atoms with Crippen LogP contribution in [0, 0.1) is 0 Å². The lowest BCUT2D eigenvalue weighted by Gasteiger charge is -2.25. The molecule has 2 heterocycles. The lowest BCUT2D eigenvalue weighted by atomic mass is 10.2. The molecule has 1 saturated heterocycles. The van der Waals surface area contributed by atoms with E-state index in [1.165, 1.54) is 0 Å². The van der Waals surface area contributed by atoms with Crippen molar-refractivity contribution in [2.75, 3.05) is 25.0 Å². The van der Waals surface area contributed by atoms with Gasteiger partial charge in [0, 0.05) is 31.1 Å². The minimum atomic E-state index is -0.342. The van der Waals surface area contributed by atoms with Crippen molar-refractivity contribution in [3.63, 3.8) is 0 Å². The molecule has 1 N–H and O–H groups in total. The molecule has 1 aromatic carbocycles. The quantitative estimate of drug-likeness (QED) is 0.941. The minimum Gasteiger partial charge on any atom is -0.449 e. The number of amides is 2. The predicted octanol–water partition coefficient (Wildman–Crippen LogP) is 2.41. The molecule has 0 aliphatic carbocycles. The van der Waals surface area contributed by atoms with E-state index < -0.39 is 0 Å². The smallest absolute Gasteiger partial charge is 0.409 e. The Morgan fingerprint density at radius 2 is 2.18 bits per heavy atom. The number of cyclic esters (lactones) is 1. The van der Waals surface area contributed by atoms with Gasteiger partial charge in [-0.15, -0.1) is 0 Å². The van der Waals surface area contributed by atoms with Crippen LogP contribution >= 0.6 is 0 Å². The number of fused-ring (bicyclic) bond motifs is 1. The van der Waals surface area contributed by atoms with Crippen LogP contribution in [0.25, 0.3) is 10.9 Å². The SMILES string of the molecule is O=C(CCN1CCCOC1=O)Nc1cccc2cccnc12. The monoisotopic (exact) mass is 299 g/mol. The van der Waals surface area contributed by atoms with Gasteiger partial charge in [-0.2, -0.15) is 0 Å². The molecule has 0 atom stereocenters. The molecule has 22 heavy (non-hydrogen) atoms. The van der Waals surface area contributed by atoms with Gasteiger partial charge in [-0.05, 0) is 18.6 Å². The molecule has 0 spiro atoms. The second-order valence-electron chi connectivity index (χ2n) is 5.13. The number of carbonyl (C=O) groups excluding carboxylic acids is 2. The van der Waals surface area contributed by atoms with Crippen LogP contribution < -0.4 is 5.32 Å². The molecule has 2 aromatic rings. The third-order valence-electron chi connectivity index (χ3n) is 3.57. The van der Waals surface area contributed by atoms with Crippen molar-refractivity contribution in [1.82, 2.24) is 9.88 Å². The number of anilines is 1. The topological polar surface area (TPSA) is 71.5 Å². The number of para-hydroxylation sites is 1. The first-order chi connectivity index (χ1) is 10.7. The van der Waals surface area contributed by atoms with E-state index in [0.29, 0.717) is 25.4 Å². The van der Waals surface area contributed by atoms with Crippen molar-refractivity contribution in [1.29, 1.82) is 0 Å². The lowest BCUT2D eigenvalue weighted by Crippen LogP contribution is -2.39. The number of aromatic nitrogens is 1. The van der Waals surface area contributed by atoms with Gasteiger partial charge in [-0.3, -0.25) is 9.78 Å². The standard InChI is InChI=1S/C16H17N3O3/c20-14(7-10-19-9-3-11-22-16(19)21)18-13-6-1-4-12-5-2-8-17-15(12)13/h1-2,4-6,8H,3,7,9-11H2,(H,18,20). The molecule has 1 aliphatic rings. The summed E-state index contributed by atoms with van der Waals surface area (Å²) in [6.07, 6.45) is 2.39. The van der Waals surface area contributed by atoms with Crippen molar-refractivity contribution in [2.45, 2.75) is 12.8 Å². The van der Waals surface area contributed by atoms with Crippen LogP contribution in [0.3, 0.4) is 0 Å². The molecule has 6 heteroatoms. The average Bonchev–Trinajstić information content (AvgIpc) is 2.54. The van der Waals surface area contributed by atoms with Crippen LogP contribution in [-0.2, 0) is 9.53 Å². The van der Waals surface area contributed by atoms with Crippen molar-refractivity contribution < 1.29 is 14.3 Å². The summed E-state index contributed by atoms with van der Waals surface area (Å²) in [7, 11) is 0. The zero-order valence-corrected chi connectivity index (χ0v) is 12.1. The zero-order valence-electron chi connectivity index (χ0n) is 12.1. The summed E-state index contributed by atoms with van der Waals surface area (Å²) in [4.78, 5) is 29.4. The highest BCUT2D eigenvalue weighted by Gasteiger charge is 2.20.